The summed E-state index contributed by atoms with van der Waals surface area (Å²) in [7, 11) is 0. The second-order valence-corrected chi connectivity index (χ2v) is 9.45. The highest BCUT2D eigenvalue weighted by atomic mass is 32.1. The number of rotatable bonds is 1. The minimum atomic E-state index is -0.182. The highest BCUT2D eigenvalue weighted by Gasteiger charge is 2.56. The van der Waals surface area contributed by atoms with Gasteiger partial charge in [0, 0.05) is 10.3 Å². The fourth-order valence-corrected chi connectivity index (χ4v) is 6.60. The number of aryl methyl sites for hydroxylation is 1. The number of Topliss-reactive ketones (excluding diaryl/α,β-unsaturated/α-hetero) is 1. The Balaban J connectivity index is 1.51. The lowest BCUT2D eigenvalue weighted by molar-refractivity contribution is -0.127. The number of aromatic hydroxyl groups is 1. The van der Waals surface area contributed by atoms with E-state index in [-0.39, 0.29) is 5.41 Å². The summed E-state index contributed by atoms with van der Waals surface area (Å²) in [5.41, 5.74) is 3.59. The zero-order valence-corrected chi connectivity index (χ0v) is 15.9. The van der Waals surface area contributed by atoms with Crippen LogP contribution >= 0.6 is 11.3 Å². The molecule has 2 fully saturated rings. The summed E-state index contributed by atoms with van der Waals surface area (Å²) in [5, 5.41) is 11.9. The van der Waals surface area contributed by atoms with E-state index < -0.39 is 0 Å². The number of thiophene rings is 1. The first-order chi connectivity index (χ1) is 12.6. The number of benzene rings is 1. The zero-order chi connectivity index (χ0) is 17.9. The molecule has 5 rings (SSSR count). The summed E-state index contributed by atoms with van der Waals surface area (Å²) in [6.07, 6.45) is 7.31. The number of allylic oxidation sites excluding steroid dienone is 1. The Labute approximate surface area is 158 Å². The molecule has 3 aliphatic carbocycles. The summed E-state index contributed by atoms with van der Waals surface area (Å²) < 4.78 is 0. The molecule has 3 heteroatoms. The first kappa shape index (κ1) is 16.3. The van der Waals surface area contributed by atoms with Gasteiger partial charge in [0.1, 0.15) is 5.75 Å². The van der Waals surface area contributed by atoms with Crippen molar-refractivity contribution in [2.24, 2.45) is 17.3 Å². The van der Waals surface area contributed by atoms with Crippen molar-refractivity contribution in [3.8, 4) is 5.75 Å². The van der Waals surface area contributed by atoms with Gasteiger partial charge in [0.2, 0.25) is 0 Å². The Kier molecular flexibility index (Phi) is 3.65. The van der Waals surface area contributed by atoms with Crippen LogP contribution in [-0.2, 0) is 11.2 Å². The molecule has 4 atom stereocenters. The van der Waals surface area contributed by atoms with E-state index in [1.807, 2.05) is 12.1 Å². The predicted octanol–water partition coefficient (Wildman–Crippen LogP) is 5.57. The minimum Gasteiger partial charge on any atom is -0.508 e. The van der Waals surface area contributed by atoms with Gasteiger partial charge in [-0.15, -0.1) is 11.3 Å². The summed E-state index contributed by atoms with van der Waals surface area (Å²) in [6, 6.07) is 10.1. The molecule has 0 aliphatic heterocycles. The van der Waals surface area contributed by atoms with Crippen LogP contribution in [0.3, 0.4) is 0 Å². The van der Waals surface area contributed by atoms with Crippen LogP contribution in [0.5, 0.6) is 5.75 Å². The zero-order valence-electron chi connectivity index (χ0n) is 15.1. The van der Waals surface area contributed by atoms with Gasteiger partial charge in [0.15, 0.2) is 5.78 Å². The molecule has 134 valence electrons. The molecule has 0 radical (unpaired) electrons. The molecule has 2 saturated carbocycles. The van der Waals surface area contributed by atoms with Crippen LogP contribution in [0.4, 0.5) is 0 Å². The third kappa shape index (κ3) is 2.33. The average molecular weight is 365 g/mol. The molecular weight excluding hydrogens is 340 g/mol. The van der Waals surface area contributed by atoms with Crippen LogP contribution < -0.4 is 0 Å². The largest absolute Gasteiger partial charge is 0.508 e. The minimum absolute atomic E-state index is 0.182. The van der Waals surface area contributed by atoms with Crippen molar-refractivity contribution in [2.45, 2.75) is 44.9 Å². The summed E-state index contributed by atoms with van der Waals surface area (Å²) in [6.45, 7) is 2.22. The van der Waals surface area contributed by atoms with Crippen molar-refractivity contribution < 1.29 is 9.90 Å². The molecule has 3 aliphatic rings. The SMILES string of the molecule is CC12CCC3c4ccc(O)cc4CCC3C1C/C(=C\c1cccs1)C2=O. The molecule has 1 aromatic heterocycles. The molecular formula is C23H24O2S. The molecule has 0 amide bonds. The summed E-state index contributed by atoms with van der Waals surface area (Å²) in [5.74, 6) is 2.36. The van der Waals surface area contributed by atoms with Crippen molar-refractivity contribution in [3.63, 3.8) is 0 Å². The predicted molar refractivity (Wildman–Crippen MR) is 105 cm³/mol. The van der Waals surface area contributed by atoms with Gasteiger partial charge in [0.05, 0.1) is 0 Å². The van der Waals surface area contributed by atoms with Crippen molar-refractivity contribution in [3.05, 3.63) is 57.3 Å². The fraction of sp³-hybridized carbons (Fsp3) is 0.435. The topological polar surface area (TPSA) is 37.3 Å². The lowest BCUT2D eigenvalue weighted by Crippen LogP contribution is -2.42. The van der Waals surface area contributed by atoms with Crippen LogP contribution in [0.1, 0.15) is 54.5 Å². The first-order valence-electron chi connectivity index (χ1n) is 9.67. The van der Waals surface area contributed by atoms with E-state index in [9.17, 15) is 9.90 Å². The highest BCUT2D eigenvalue weighted by Crippen LogP contribution is 2.60. The lowest BCUT2D eigenvalue weighted by Gasteiger charge is -2.48. The van der Waals surface area contributed by atoms with E-state index >= 15 is 0 Å². The maximum absolute atomic E-state index is 13.3. The van der Waals surface area contributed by atoms with Crippen molar-refractivity contribution >= 4 is 23.2 Å². The molecule has 26 heavy (non-hydrogen) atoms. The van der Waals surface area contributed by atoms with Crippen LogP contribution in [-0.4, -0.2) is 10.9 Å². The normalized spacial score (nSPS) is 34.4. The Morgan fingerprint density at radius 1 is 1.27 bits per heavy atom. The van der Waals surface area contributed by atoms with Gasteiger partial charge < -0.3 is 5.11 Å². The number of hydrogen-bond donors (Lipinski definition) is 1. The Morgan fingerprint density at radius 2 is 2.15 bits per heavy atom. The quantitative estimate of drug-likeness (QED) is 0.672. The average Bonchev–Trinajstić information content (AvgIpc) is 3.23. The number of hydrogen-bond acceptors (Lipinski definition) is 3. The first-order valence-corrected chi connectivity index (χ1v) is 10.5. The second-order valence-electron chi connectivity index (χ2n) is 8.47. The molecule has 1 N–H and O–H groups in total. The van der Waals surface area contributed by atoms with Crippen LogP contribution in [0.2, 0.25) is 0 Å². The van der Waals surface area contributed by atoms with Crippen molar-refractivity contribution in [1.82, 2.24) is 0 Å². The number of fused-ring (bicyclic) bond motifs is 5. The summed E-state index contributed by atoms with van der Waals surface area (Å²) >= 11 is 1.71. The van der Waals surface area contributed by atoms with Gasteiger partial charge in [-0.2, -0.15) is 0 Å². The van der Waals surface area contributed by atoms with Gasteiger partial charge in [-0.3, -0.25) is 4.79 Å². The van der Waals surface area contributed by atoms with Crippen molar-refractivity contribution in [2.75, 3.05) is 0 Å². The maximum Gasteiger partial charge on any atom is 0.165 e. The fourth-order valence-electron chi connectivity index (χ4n) is 5.91. The molecule has 4 unspecified atom stereocenters. The number of phenolic OH excluding ortho intramolecular Hbond substituents is 1. The molecule has 2 nitrogen and oxygen atoms in total. The Morgan fingerprint density at radius 3 is 2.96 bits per heavy atom. The molecule has 0 spiro atoms. The van der Waals surface area contributed by atoms with Crippen molar-refractivity contribution in [1.29, 1.82) is 0 Å². The summed E-state index contributed by atoms with van der Waals surface area (Å²) in [4.78, 5) is 14.4. The molecule has 1 aromatic carbocycles. The lowest BCUT2D eigenvalue weighted by atomic mass is 9.55. The smallest absolute Gasteiger partial charge is 0.165 e. The Hall–Kier alpha value is -1.87. The van der Waals surface area contributed by atoms with E-state index in [2.05, 4.69) is 36.6 Å². The van der Waals surface area contributed by atoms with Crippen LogP contribution in [0.15, 0.2) is 41.3 Å². The van der Waals surface area contributed by atoms with Gasteiger partial charge in [0.25, 0.3) is 0 Å². The molecule has 1 heterocycles. The van der Waals surface area contributed by atoms with Gasteiger partial charge in [-0.05, 0) is 96.2 Å². The molecule has 0 bridgehead atoms. The second kappa shape index (κ2) is 5.82. The van der Waals surface area contributed by atoms with Gasteiger partial charge in [-0.25, -0.2) is 0 Å². The third-order valence-corrected chi connectivity index (χ3v) is 8.03. The number of phenols is 1. The van der Waals surface area contributed by atoms with Crippen LogP contribution in [0.25, 0.3) is 6.08 Å². The van der Waals surface area contributed by atoms with Crippen LogP contribution in [0, 0.1) is 17.3 Å². The number of carbonyl (C=O) groups excluding carboxylic acids is 1. The Bertz CT molecular complexity index is 895. The molecule has 2 aromatic rings. The van der Waals surface area contributed by atoms with E-state index in [1.54, 1.807) is 11.3 Å². The number of ketones is 1. The maximum atomic E-state index is 13.3. The van der Waals surface area contributed by atoms with E-state index in [0.29, 0.717) is 29.3 Å². The van der Waals surface area contributed by atoms with E-state index in [0.717, 1.165) is 37.7 Å². The van der Waals surface area contributed by atoms with Gasteiger partial charge >= 0.3 is 0 Å². The highest BCUT2D eigenvalue weighted by molar-refractivity contribution is 7.10. The van der Waals surface area contributed by atoms with Gasteiger partial charge in [-0.1, -0.05) is 19.1 Å². The number of carbonyl (C=O) groups is 1. The van der Waals surface area contributed by atoms with E-state index in [1.165, 1.54) is 16.0 Å². The van der Waals surface area contributed by atoms with E-state index in [4.69, 9.17) is 0 Å². The molecule has 0 saturated heterocycles. The standard InChI is InChI=1S/C23H24O2S/c1-23-9-8-19-18-7-5-16(24)11-14(18)4-6-20(19)21(23)13-15(22(23)25)12-17-3-2-10-26-17/h2-3,5,7,10-12,19-21,24H,4,6,8-9,13H2,1H3/b15-12+. The monoisotopic (exact) mass is 364 g/mol. The third-order valence-electron chi connectivity index (χ3n) is 7.21.